The van der Waals surface area contributed by atoms with Crippen molar-refractivity contribution in [2.24, 2.45) is 0 Å². The van der Waals surface area contributed by atoms with Crippen LogP contribution >= 0.6 is 0 Å². The van der Waals surface area contributed by atoms with Crippen LogP contribution in [0.2, 0.25) is 18.1 Å². The molecular weight excluding hydrogens is 1750 g/mol. The minimum atomic E-state index is -3.01. The molecule has 8 aliphatic rings. The van der Waals surface area contributed by atoms with Crippen molar-refractivity contribution in [3.8, 4) is 11.5 Å². The Kier molecular flexibility index (Phi) is 29.3. The third-order valence-electron chi connectivity index (χ3n) is 26.0. The van der Waals surface area contributed by atoms with E-state index in [0.717, 1.165) is 20.9 Å². The lowest BCUT2D eigenvalue weighted by molar-refractivity contribution is -0.405. The summed E-state index contributed by atoms with van der Waals surface area (Å²) >= 11 is 0. The molecule has 0 spiro atoms. The first kappa shape index (κ1) is 93.9. The summed E-state index contributed by atoms with van der Waals surface area (Å²) in [6.07, 6.45) is -29.7. The maximum absolute atomic E-state index is 16.4. The quantitative estimate of drug-likeness (QED) is 0.0210. The van der Waals surface area contributed by atoms with Crippen LogP contribution < -0.4 is 9.47 Å². The highest BCUT2D eigenvalue weighted by Crippen LogP contribution is 2.48. The number of carbonyl (C=O) groups excluding carboxylic acids is 6. The number of fused-ring (bicyclic) bond motifs is 4. The second kappa shape index (κ2) is 42.0. The largest absolute Gasteiger partial charge is 0.497 e. The summed E-state index contributed by atoms with van der Waals surface area (Å²) in [5.41, 5.74) is 4.43. The van der Waals surface area contributed by atoms with E-state index < -0.39 is 191 Å². The maximum atomic E-state index is 16.4. The number of hydrogen-bond donors (Lipinski definition) is 0. The van der Waals surface area contributed by atoms with Crippen molar-refractivity contribution >= 4 is 43.9 Å². The fourth-order valence-electron chi connectivity index (χ4n) is 18.1. The Labute approximate surface area is 783 Å². The Bertz CT molecular complexity index is 5630. The van der Waals surface area contributed by atoms with Crippen LogP contribution in [-0.4, -0.2) is 224 Å². The molecule has 0 N–H and O–H groups in total. The molecule has 6 fully saturated rings. The van der Waals surface area contributed by atoms with Gasteiger partial charge in [-0.25, -0.2) is 9.59 Å². The molecule has 30 heteroatoms. The van der Waals surface area contributed by atoms with Crippen LogP contribution in [0.15, 0.2) is 279 Å². The molecule has 29 nitrogen and oxygen atoms in total. The molecule has 704 valence electrons. The van der Waals surface area contributed by atoms with Gasteiger partial charge in [0.2, 0.25) is 0 Å². The smallest absolute Gasteiger partial charge is 0.338 e. The summed E-state index contributed by atoms with van der Waals surface area (Å²) in [5.74, 6) is -3.55. The van der Waals surface area contributed by atoms with Gasteiger partial charge in [-0.15, -0.1) is 0 Å². The van der Waals surface area contributed by atoms with Crippen molar-refractivity contribution in [1.29, 1.82) is 0 Å². The number of imide groups is 2. The number of hydrogen-bond acceptors (Lipinski definition) is 27. The summed E-state index contributed by atoms with van der Waals surface area (Å²) in [6, 6.07) is 77.5. The second-order valence-corrected chi connectivity index (χ2v) is 40.4. The lowest BCUT2D eigenvalue weighted by atomic mass is 9.92. The molecule has 0 aliphatic carbocycles. The zero-order valence-electron chi connectivity index (χ0n) is 75.8. The molecule has 135 heavy (non-hydrogen) atoms. The summed E-state index contributed by atoms with van der Waals surface area (Å²) in [5, 5.41) is -0.452. The van der Waals surface area contributed by atoms with Gasteiger partial charge in [0.25, 0.3) is 23.6 Å². The number of nitrogens with zero attached hydrogens (tertiary/aromatic N) is 2. The highest BCUT2D eigenvalue weighted by Gasteiger charge is 2.65. The first-order chi connectivity index (χ1) is 65.7. The molecule has 8 aliphatic heterocycles. The van der Waals surface area contributed by atoms with Gasteiger partial charge in [-0.05, 0) is 113 Å². The SMILES string of the molecule is COc1ccc(COC[C@H]2O[C@@H](O[C@H]3[C@@H]4OC(c5ccccc5)OC[C@H]4O[C@@H](OC)[C@@H]3N3C(=O)c4ccccc4C3=O)[C@H](OC(=O)c3ccccc3)[C@@H](OCc3ccccc3)[C@@H]2O[C@@H]2O[C@@H]3COC(c4ccccc4)O[C@H]3[C@H](O[C@@H]3O[C@H](COCc4ccc(OC)cc4)[C@@H](O[Si](C)(C)C(C)(C)C)[C@H](OCc4ccccc4)[C@H]3OC(=O)c3ccccc3)[C@H]2N2C(=O)c3ccccc3C2=O)cc1. The van der Waals surface area contributed by atoms with Gasteiger partial charge in [0.15, 0.2) is 58.3 Å². The second-order valence-electron chi connectivity index (χ2n) is 35.7. The van der Waals surface area contributed by atoms with E-state index in [1.165, 1.54) is 19.2 Å². The molecule has 0 radical (unpaired) electrons. The first-order valence-corrected chi connectivity index (χ1v) is 48.2. The Balaban J connectivity index is 0.818. The molecule has 0 bridgehead atoms. The third kappa shape index (κ3) is 20.5. The van der Waals surface area contributed by atoms with Crippen molar-refractivity contribution in [3.05, 3.63) is 346 Å². The third-order valence-corrected chi connectivity index (χ3v) is 30.5. The van der Waals surface area contributed by atoms with Crippen LogP contribution in [0.25, 0.3) is 0 Å². The van der Waals surface area contributed by atoms with Crippen molar-refractivity contribution in [3.63, 3.8) is 0 Å². The first-order valence-electron chi connectivity index (χ1n) is 45.3. The molecule has 0 aromatic heterocycles. The van der Waals surface area contributed by atoms with Gasteiger partial charge in [-0.1, -0.05) is 227 Å². The maximum Gasteiger partial charge on any atom is 0.338 e. The van der Waals surface area contributed by atoms with Gasteiger partial charge in [-0.3, -0.25) is 29.0 Å². The number of esters is 2. The van der Waals surface area contributed by atoms with Crippen LogP contribution in [0.1, 0.15) is 129 Å². The molecule has 22 atom stereocenters. The fraction of sp³-hybridized carbons (Fsp3) is 0.371. The summed E-state index contributed by atoms with van der Waals surface area (Å²) in [6.45, 7) is 9.10. The normalized spacial score (nSPS) is 28.4. The number of carbonyl (C=O) groups is 6. The van der Waals surface area contributed by atoms with E-state index in [1.54, 1.807) is 123 Å². The van der Waals surface area contributed by atoms with Gasteiger partial charge >= 0.3 is 11.9 Å². The Hall–Kier alpha value is -11.4. The Morgan fingerprint density at radius 3 is 1.09 bits per heavy atom. The van der Waals surface area contributed by atoms with E-state index in [1.807, 2.05) is 158 Å². The highest BCUT2D eigenvalue weighted by atomic mass is 28.4. The van der Waals surface area contributed by atoms with Crippen LogP contribution in [0.4, 0.5) is 0 Å². The van der Waals surface area contributed by atoms with Gasteiger partial charge in [0.1, 0.15) is 96.8 Å². The number of rotatable bonds is 33. The van der Waals surface area contributed by atoms with Crippen LogP contribution in [0.3, 0.4) is 0 Å². The van der Waals surface area contributed by atoms with Crippen molar-refractivity contribution in [1.82, 2.24) is 9.80 Å². The van der Waals surface area contributed by atoms with Crippen molar-refractivity contribution in [2.45, 2.75) is 201 Å². The standard InChI is InChI=1S/C105H108N2O27Si/c1-105(2,3)135(7,8)134-86-78(60-118-56-66-49-53-72(115-5)54-50-66)126-104(92(128-98(113)68-37-21-12-22-38-68)90(86)120-58-64-33-17-10-18-34-64)133-88-82(107-95(110)75-45-29-30-46-76(75)96(107)111)102(124-80-62-122-100(130-84(80)88)70-41-25-14-26-42-70)131-85-77(59-117-55-65-47-51-71(114-4)52-48-65)125-103(91(127-97(112)67-35-19-11-20-36-67)89(85)119-57-63-31-15-9-16-32-63)132-87-81(106-93(108)73-43-27-28-44-74(73)94(106)109)101(116-6)123-79-61-121-99(129-83(79)87)69-39-23-13-24-40-69/h9-54,77-92,99-104H,55-62H2,1-8H3/t77-,78-,79-,80-,81-,82-,83-,84-,85-,86-,87-,88-,89+,90+,91-,92-,99?,100?,101-,102+,103+,104+/m1/s1. The van der Waals surface area contributed by atoms with E-state index >= 15 is 28.8 Å². The van der Waals surface area contributed by atoms with E-state index in [-0.39, 0.29) is 79.6 Å². The lowest BCUT2D eigenvalue weighted by Crippen LogP contribution is -2.72. The Morgan fingerprint density at radius 1 is 0.363 bits per heavy atom. The fourth-order valence-corrected chi connectivity index (χ4v) is 19.4. The molecule has 8 heterocycles. The average Bonchev–Trinajstić information content (AvgIpc) is 1.67. The van der Waals surface area contributed by atoms with Gasteiger partial charge in [0, 0.05) is 18.2 Å². The number of benzene rings is 10. The molecule has 2 unspecified atom stereocenters. The van der Waals surface area contributed by atoms with Gasteiger partial charge in [0.05, 0.1) is 100 Å². The average molecular weight is 1860 g/mol. The molecule has 0 saturated carbocycles. The zero-order chi connectivity index (χ0) is 93.4. The number of methoxy groups -OCH3 is 3. The summed E-state index contributed by atoms with van der Waals surface area (Å²) in [4.78, 5) is 97.1. The minimum Gasteiger partial charge on any atom is -0.497 e. The molecular formula is C105H108N2O27Si. The van der Waals surface area contributed by atoms with Crippen LogP contribution in [-0.2, 0) is 116 Å². The molecule has 18 rings (SSSR count). The van der Waals surface area contributed by atoms with Crippen LogP contribution in [0.5, 0.6) is 11.5 Å². The van der Waals surface area contributed by atoms with Gasteiger partial charge < -0.3 is 99.2 Å². The van der Waals surface area contributed by atoms with Gasteiger partial charge in [-0.2, -0.15) is 0 Å². The zero-order valence-corrected chi connectivity index (χ0v) is 76.8. The predicted molar refractivity (Wildman–Crippen MR) is 486 cm³/mol. The van der Waals surface area contributed by atoms with Crippen LogP contribution in [0, 0.1) is 0 Å². The highest BCUT2D eigenvalue weighted by molar-refractivity contribution is 6.74. The number of amides is 4. The van der Waals surface area contributed by atoms with E-state index in [2.05, 4.69) is 33.9 Å². The molecule has 6 saturated heterocycles. The van der Waals surface area contributed by atoms with Crippen molar-refractivity contribution in [2.75, 3.05) is 47.8 Å². The predicted octanol–water partition coefficient (Wildman–Crippen LogP) is 14.7. The van der Waals surface area contributed by atoms with Crippen molar-refractivity contribution < 1.29 is 128 Å². The molecule has 4 amide bonds. The summed E-state index contributed by atoms with van der Waals surface area (Å²) < 4.78 is 148. The van der Waals surface area contributed by atoms with E-state index in [4.69, 9.17) is 99.2 Å². The monoisotopic (exact) mass is 1860 g/mol. The van der Waals surface area contributed by atoms with E-state index in [0.29, 0.717) is 33.8 Å². The minimum absolute atomic E-state index is 0.00627. The molecule has 10 aromatic carbocycles. The summed E-state index contributed by atoms with van der Waals surface area (Å²) in [7, 11) is 1.50. The topological polar surface area (TPSA) is 303 Å². The Morgan fingerprint density at radius 2 is 0.704 bits per heavy atom. The van der Waals surface area contributed by atoms with E-state index in [9.17, 15) is 0 Å². The molecule has 10 aromatic rings. The number of ether oxygens (including phenoxy) is 20. The lowest BCUT2D eigenvalue weighted by Gasteiger charge is -2.55.